The Bertz CT molecular complexity index is 332. The summed E-state index contributed by atoms with van der Waals surface area (Å²) in [7, 11) is 0. The van der Waals surface area contributed by atoms with Gasteiger partial charge in [0.25, 0.3) is 0 Å². The highest BCUT2D eigenvalue weighted by Crippen LogP contribution is 2.26. The SMILES string of the molecule is C=C(C)c1ccc(C(CC)CCCCC)cc1. The van der Waals surface area contributed by atoms with Gasteiger partial charge in [0.15, 0.2) is 0 Å². The van der Waals surface area contributed by atoms with Gasteiger partial charge in [-0.25, -0.2) is 0 Å². The van der Waals surface area contributed by atoms with Crippen molar-refractivity contribution in [1.29, 1.82) is 0 Å². The van der Waals surface area contributed by atoms with Crippen LogP contribution in [0.15, 0.2) is 30.8 Å². The maximum Gasteiger partial charge on any atom is -0.0165 e. The molecule has 0 saturated carbocycles. The highest BCUT2D eigenvalue weighted by atomic mass is 14.1. The van der Waals surface area contributed by atoms with Gasteiger partial charge in [0, 0.05) is 0 Å². The summed E-state index contributed by atoms with van der Waals surface area (Å²) in [5, 5.41) is 0. The topological polar surface area (TPSA) is 0 Å². The number of hydrogen-bond acceptors (Lipinski definition) is 0. The Morgan fingerprint density at radius 1 is 1.12 bits per heavy atom. The highest BCUT2D eigenvalue weighted by molar-refractivity contribution is 5.61. The summed E-state index contributed by atoms with van der Waals surface area (Å²) in [5.74, 6) is 0.737. The second-order valence-electron chi connectivity index (χ2n) is 5.00. The Kier molecular flexibility index (Phi) is 6.04. The van der Waals surface area contributed by atoms with Crippen molar-refractivity contribution >= 4 is 5.57 Å². The van der Waals surface area contributed by atoms with Crippen molar-refractivity contribution in [3.8, 4) is 0 Å². The Hall–Kier alpha value is -1.04. The molecule has 0 aliphatic rings. The van der Waals surface area contributed by atoms with Crippen molar-refractivity contribution in [3.05, 3.63) is 42.0 Å². The van der Waals surface area contributed by atoms with E-state index in [9.17, 15) is 0 Å². The molecule has 0 heterocycles. The van der Waals surface area contributed by atoms with Crippen LogP contribution in [-0.2, 0) is 0 Å². The van der Waals surface area contributed by atoms with Crippen molar-refractivity contribution in [2.24, 2.45) is 0 Å². The van der Waals surface area contributed by atoms with E-state index in [1.54, 1.807) is 0 Å². The smallest absolute Gasteiger partial charge is 0.0165 e. The third-order valence-corrected chi connectivity index (χ3v) is 3.52. The minimum absolute atomic E-state index is 0.737. The molecule has 0 saturated heterocycles. The maximum absolute atomic E-state index is 3.98. The van der Waals surface area contributed by atoms with Crippen LogP contribution in [0.4, 0.5) is 0 Å². The first kappa shape index (κ1) is 14.0. The van der Waals surface area contributed by atoms with Gasteiger partial charge in [-0.1, -0.05) is 69.5 Å². The first-order valence-electron chi connectivity index (χ1n) is 6.94. The second kappa shape index (κ2) is 7.32. The number of rotatable bonds is 7. The van der Waals surface area contributed by atoms with Gasteiger partial charge in [0.1, 0.15) is 0 Å². The average molecular weight is 230 g/mol. The zero-order chi connectivity index (χ0) is 12.7. The predicted octanol–water partition coefficient (Wildman–Crippen LogP) is 5.79. The molecule has 1 unspecified atom stereocenters. The third kappa shape index (κ3) is 4.38. The van der Waals surface area contributed by atoms with Gasteiger partial charge in [-0.05, 0) is 36.8 Å². The van der Waals surface area contributed by atoms with Gasteiger partial charge < -0.3 is 0 Å². The van der Waals surface area contributed by atoms with Crippen molar-refractivity contribution in [2.45, 2.75) is 58.8 Å². The van der Waals surface area contributed by atoms with Crippen LogP contribution in [0.1, 0.15) is 69.9 Å². The standard InChI is InChI=1S/C17H26/c1-5-7-8-9-15(6-2)17-12-10-16(11-13-17)14(3)4/h10-13,15H,3,5-9H2,1-2,4H3. The van der Waals surface area contributed by atoms with E-state index in [1.165, 1.54) is 43.2 Å². The quantitative estimate of drug-likeness (QED) is 0.520. The maximum atomic E-state index is 3.98. The number of allylic oxidation sites excluding steroid dienone is 1. The Labute approximate surface area is 107 Å². The molecule has 0 N–H and O–H groups in total. The normalized spacial score (nSPS) is 12.4. The van der Waals surface area contributed by atoms with E-state index in [2.05, 4.69) is 51.6 Å². The monoisotopic (exact) mass is 230 g/mol. The fourth-order valence-electron chi connectivity index (χ4n) is 2.29. The van der Waals surface area contributed by atoms with Crippen molar-refractivity contribution < 1.29 is 0 Å². The zero-order valence-corrected chi connectivity index (χ0v) is 11.6. The zero-order valence-electron chi connectivity index (χ0n) is 11.6. The van der Waals surface area contributed by atoms with Crippen LogP contribution in [0.2, 0.25) is 0 Å². The summed E-state index contributed by atoms with van der Waals surface area (Å²) in [4.78, 5) is 0. The summed E-state index contributed by atoms with van der Waals surface area (Å²) < 4.78 is 0. The van der Waals surface area contributed by atoms with Crippen LogP contribution in [0.3, 0.4) is 0 Å². The van der Waals surface area contributed by atoms with Crippen LogP contribution in [0.25, 0.3) is 5.57 Å². The Morgan fingerprint density at radius 3 is 2.24 bits per heavy atom. The van der Waals surface area contributed by atoms with Crippen LogP contribution in [0, 0.1) is 0 Å². The molecule has 0 heteroatoms. The molecule has 17 heavy (non-hydrogen) atoms. The summed E-state index contributed by atoms with van der Waals surface area (Å²) in [6.07, 6.45) is 6.61. The van der Waals surface area contributed by atoms with Crippen LogP contribution >= 0.6 is 0 Å². The molecule has 0 aromatic heterocycles. The lowest BCUT2D eigenvalue weighted by Crippen LogP contribution is -1.97. The fraction of sp³-hybridized carbons (Fsp3) is 0.529. The average Bonchev–Trinajstić information content (AvgIpc) is 2.35. The minimum atomic E-state index is 0.737. The fourth-order valence-corrected chi connectivity index (χ4v) is 2.29. The molecule has 0 aliphatic carbocycles. The van der Waals surface area contributed by atoms with Crippen LogP contribution in [-0.4, -0.2) is 0 Å². The molecule has 1 atom stereocenters. The third-order valence-electron chi connectivity index (χ3n) is 3.52. The van der Waals surface area contributed by atoms with E-state index in [-0.39, 0.29) is 0 Å². The molecule has 0 nitrogen and oxygen atoms in total. The van der Waals surface area contributed by atoms with Gasteiger partial charge in [-0.15, -0.1) is 0 Å². The van der Waals surface area contributed by atoms with E-state index in [0.717, 1.165) is 11.5 Å². The molecular formula is C17H26. The summed E-state index contributed by atoms with van der Waals surface area (Å²) >= 11 is 0. The van der Waals surface area contributed by atoms with E-state index in [4.69, 9.17) is 0 Å². The highest BCUT2D eigenvalue weighted by Gasteiger charge is 2.08. The molecule has 0 spiro atoms. The molecule has 1 rings (SSSR count). The molecule has 94 valence electrons. The second-order valence-corrected chi connectivity index (χ2v) is 5.00. The van der Waals surface area contributed by atoms with Crippen molar-refractivity contribution in [2.75, 3.05) is 0 Å². The van der Waals surface area contributed by atoms with Gasteiger partial charge in [0.2, 0.25) is 0 Å². The lowest BCUT2D eigenvalue weighted by atomic mass is 9.90. The summed E-state index contributed by atoms with van der Waals surface area (Å²) in [5.41, 5.74) is 3.90. The first-order valence-corrected chi connectivity index (χ1v) is 6.94. The molecule has 0 bridgehead atoms. The largest absolute Gasteiger partial charge is 0.0955 e. The summed E-state index contributed by atoms with van der Waals surface area (Å²) in [6.45, 7) is 10.6. The molecule has 0 amide bonds. The van der Waals surface area contributed by atoms with E-state index in [0.29, 0.717) is 0 Å². The lowest BCUT2D eigenvalue weighted by molar-refractivity contribution is 0.553. The van der Waals surface area contributed by atoms with E-state index in [1.807, 2.05) is 0 Å². The first-order chi connectivity index (χ1) is 8.19. The van der Waals surface area contributed by atoms with Gasteiger partial charge in [0.05, 0.1) is 0 Å². The molecule has 0 radical (unpaired) electrons. The molecular weight excluding hydrogens is 204 g/mol. The van der Waals surface area contributed by atoms with Gasteiger partial charge in [-0.3, -0.25) is 0 Å². The Balaban J connectivity index is 2.65. The van der Waals surface area contributed by atoms with Crippen LogP contribution in [0.5, 0.6) is 0 Å². The molecule has 0 fully saturated rings. The van der Waals surface area contributed by atoms with Crippen LogP contribution < -0.4 is 0 Å². The predicted molar refractivity (Wildman–Crippen MR) is 78.3 cm³/mol. The molecule has 1 aromatic rings. The number of benzene rings is 1. The van der Waals surface area contributed by atoms with Crippen molar-refractivity contribution in [1.82, 2.24) is 0 Å². The van der Waals surface area contributed by atoms with E-state index < -0.39 is 0 Å². The number of hydrogen-bond donors (Lipinski definition) is 0. The summed E-state index contributed by atoms with van der Waals surface area (Å²) in [6, 6.07) is 8.98. The van der Waals surface area contributed by atoms with Gasteiger partial charge in [-0.2, -0.15) is 0 Å². The van der Waals surface area contributed by atoms with Gasteiger partial charge >= 0.3 is 0 Å². The minimum Gasteiger partial charge on any atom is -0.0955 e. The molecule has 0 aliphatic heterocycles. The van der Waals surface area contributed by atoms with E-state index >= 15 is 0 Å². The van der Waals surface area contributed by atoms with Crippen molar-refractivity contribution in [3.63, 3.8) is 0 Å². The number of unbranched alkanes of at least 4 members (excludes halogenated alkanes) is 2. The molecule has 1 aromatic carbocycles. The Morgan fingerprint density at radius 2 is 1.76 bits per heavy atom. The lowest BCUT2D eigenvalue weighted by Gasteiger charge is -2.15.